The minimum absolute atomic E-state index is 0.0408. The maximum atomic E-state index is 12.2. The van der Waals surface area contributed by atoms with E-state index in [2.05, 4.69) is 12.2 Å². The molecule has 104 valence electrons. The molecule has 3 N–H and O–H groups in total. The molecule has 3 heteroatoms. The summed E-state index contributed by atoms with van der Waals surface area (Å²) in [4.78, 5) is 12.2. The van der Waals surface area contributed by atoms with Gasteiger partial charge in [0.05, 0.1) is 5.56 Å². The summed E-state index contributed by atoms with van der Waals surface area (Å²) in [5, 5.41) is 3.08. The fourth-order valence-electron chi connectivity index (χ4n) is 3.02. The van der Waals surface area contributed by atoms with Gasteiger partial charge < -0.3 is 11.1 Å². The minimum Gasteiger partial charge on any atom is -0.398 e. The Bertz CT molecular complexity index is 462. The highest BCUT2D eigenvalue weighted by Gasteiger charge is 2.32. The molecular formula is C16H24N2O. The summed E-state index contributed by atoms with van der Waals surface area (Å²) in [6.45, 7) is 4.92. The summed E-state index contributed by atoms with van der Waals surface area (Å²) in [5.41, 5.74) is 8.44. The summed E-state index contributed by atoms with van der Waals surface area (Å²) >= 11 is 0. The van der Waals surface area contributed by atoms with Crippen LogP contribution in [0, 0.1) is 12.3 Å². The molecule has 0 atom stereocenters. The van der Waals surface area contributed by atoms with Crippen molar-refractivity contribution in [1.82, 2.24) is 5.32 Å². The van der Waals surface area contributed by atoms with E-state index in [9.17, 15) is 4.79 Å². The summed E-state index contributed by atoms with van der Waals surface area (Å²) in [7, 11) is 0. The second-order valence-electron chi connectivity index (χ2n) is 5.78. The maximum absolute atomic E-state index is 12.2. The van der Waals surface area contributed by atoms with E-state index in [1.807, 2.05) is 19.1 Å². The van der Waals surface area contributed by atoms with Crippen LogP contribution in [0.3, 0.4) is 0 Å². The third kappa shape index (κ3) is 2.91. The van der Waals surface area contributed by atoms with Crippen LogP contribution in [0.1, 0.15) is 54.9 Å². The van der Waals surface area contributed by atoms with Crippen LogP contribution >= 0.6 is 0 Å². The zero-order valence-electron chi connectivity index (χ0n) is 12.0. The first-order chi connectivity index (χ1) is 9.08. The van der Waals surface area contributed by atoms with Gasteiger partial charge in [-0.25, -0.2) is 0 Å². The topological polar surface area (TPSA) is 55.1 Å². The van der Waals surface area contributed by atoms with Crippen LogP contribution in [0.5, 0.6) is 0 Å². The van der Waals surface area contributed by atoms with Gasteiger partial charge in [0.15, 0.2) is 0 Å². The number of hydrogen-bond acceptors (Lipinski definition) is 2. The first kappa shape index (κ1) is 13.9. The van der Waals surface area contributed by atoms with Crippen molar-refractivity contribution in [1.29, 1.82) is 0 Å². The molecule has 0 aliphatic heterocycles. The zero-order chi connectivity index (χ0) is 13.9. The number of carbonyl (C=O) groups excluding carboxylic acids is 1. The number of carbonyl (C=O) groups is 1. The predicted octanol–water partition coefficient (Wildman–Crippen LogP) is 3.28. The van der Waals surface area contributed by atoms with Crippen molar-refractivity contribution < 1.29 is 4.79 Å². The quantitative estimate of drug-likeness (QED) is 0.816. The second-order valence-corrected chi connectivity index (χ2v) is 5.78. The standard InChI is InChI=1S/C16H24N2O/c1-3-16(9-4-5-10-16)11-18-15(19)13-8-6-7-12(2)14(13)17/h6-8H,3-5,9-11,17H2,1-2H3,(H,18,19). The molecule has 1 aliphatic carbocycles. The number of nitrogens with one attached hydrogen (secondary N) is 1. The van der Waals surface area contributed by atoms with Crippen LogP contribution in [0.2, 0.25) is 0 Å². The van der Waals surface area contributed by atoms with Crippen LogP contribution < -0.4 is 11.1 Å². The summed E-state index contributed by atoms with van der Waals surface area (Å²) in [6.07, 6.45) is 6.17. The number of para-hydroxylation sites is 1. The van der Waals surface area contributed by atoms with Crippen LogP contribution in [0.15, 0.2) is 18.2 Å². The molecule has 1 fully saturated rings. The van der Waals surface area contributed by atoms with Gasteiger partial charge in [-0.05, 0) is 43.2 Å². The van der Waals surface area contributed by atoms with Gasteiger partial charge in [-0.3, -0.25) is 4.79 Å². The van der Waals surface area contributed by atoms with Crippen molar-refractivity contribution in [3.05, 3.63) is 29.3 Å². The fraction of sp³-hybridized carbons (Fsp3) is 0.562. The van der Waals surface area contributed by atoms with Gasteiger partial charge in [0.25, 0.3) is 5.91 Å². The van der Waals surface area contributed by atoms with Crippen molar-refractivity contribution in [2.45, 2.75) is 46.0 Å². The van der Waals surface area contributed by atoms with E-state index in [0.717, 1.165) is 18.5 Å². The van der Waals surface area contributed by atoms with Gasteiger partial charge in [0.2, 0.25) is 0 Å². The third-order valence-electron chi connectivity index (χ3n) is 4.61. The molecule has 0 unspecified atom stereocenters. The van der Waals surface area contributed by atoms with Crippen LogP contribution in [-0.2, 0) is 0 Å². The smallest absolute Gasteiger partial charge is 0.253 e. The molecular weight excluding hydrogens is 236 g/mol. The van der Waals surface area contributed by atoms with E-state index in [1.54, 1.807) is 6.07 Å². The third-order valence-corrected chi connectivity index (χ3v) is 4.61. The lowest BCUT2D eigenvalue weighted by Crippen LogP contribution is -2.36. The number of benzene rings is 1. The molecule has 2 rings (SSSR count). The van der Waals surface area contributed by atoms with Crippen LogP contribution in [0.25, 0.3) is 0 Å². The van der Waals surface area contributed by atoms with Crippen LogP contribution in [0.4, 0.5) is 5.69 Å². The largest absolute Gasteiger partial charge is 0.398 e. The average Bonchev–Trinajstić information content (AvgIpc) is 2.89. The Hall–Kier alpha value is -1.51. The molecule has 19 heavy (non-hydrogen) atoms. The fourth-order valence-corrected chi connectivity index (χ4v) is 3.02. The van der Waals surface area contributed by atoms with Crippen molar-refractivity contribution in [2.75, 3.05) is 12.3 Å². The number of nitrogens with two attached hydrogens (primary N) is 1. The molecule has 0 saturated heterocycles. The summed E-state index contributed by atoms with van der Waals surface area (Å²) < 4.78 is 0. The Morgan fingerprint density at radius 2 is 2.05 bits per heavy atom. The Kier molecular flexibility index (Phi) is 4.13. The predicted molar refractivity (Wildman–Crippen MR) is 79.1 cm³/mol. The first-order valence-corrected chi connectivity index (χ1v) is 7.21. The zero-order valence-corrected chi connectivity index (χ0v) is 12.0. The molecule has 0 aromatic heterocycles. The molecule has 0 spiro atoms. The summed E-state index contributed by atoms with van der Waals surface area (Å²) in [6, 6.07) is 5.60. The average molecular weight is 260 g/mol. The molecule has 1 aliphatic rings. The van der Waals surface area contributed by atoms with Gasteiger partial charge >= 0.3 is 0 Å². The van der Waals surface area contributed by atoms with Crippen molar-refractivity contribution >= 4 is 11.6 Å². The lowest BCUT2D eigenvalue weighted by atomic mass is 9.83. The Balaban J connectivity index is 2.03. The highest BCUT2D eigenvalue weighted by atomic mass is 16.1. The van der Waals surface area contributed by atoms with Crippen molar-refractivity contribution in [2.24, 2.45) is 5.41 Å². The molecule has 0 heterocycles. The lowest BCUT2D eigenvalue weighted by molar-refractivity contribution is 0.0929. The minimum atomic E-state index is -0.0408. The van der Waals surface area contributed by atoms with E-state index in [4.69, 9.17) is 5.73 Å². The van der Waals surface area contributed by atoms with E-state index < -0.39 is 0 Å². The highest BCUT2D eigenvalue weighted by molar-refractivity contribution is 5.99. The Morgan fingerprint density at radius 3 is 2.68 bits per heavy atom. The maximum Gasteiger partial charge on any atom is 0.253 e. The molecule has 3 nitrogen and oxygen atoms in total. The van der Waals surface area contributed by atoms with Gasteiger partial charge in [-0.15, -0.1) is 0 Å². The normalized spacial score (nSPS) is 17.4. The summed E-state index contributed by atoms with van der Waals surface area (Å²) in [5.74, 6) is -0.0408. The number of aryl methyl sites for hydroxylation is 1. The highest BCUT2D eigenvalue weighted by Crippen LogP contribution is 2.40. The van der Waals surface area contributed by atoms with Crippen LogP contribution in [-0.4, -0.2) is 12.5 Å². The van der Waals surface area contributed by atoms with Gasteiger partial charge in [-0.2, -0.15) is 0 Å². The molecule has 1 aromatic carbocycles. The molecule has 1 amide bonds. The number of rotatable bonds is 4. The lowest BCUT2D eigenvalue weighted by Gasteiger charge is -2.27. The number of hydrogen-bond donors (Lipinski definition) is 2. The number of anilines is 1. The van der Waals surface area contributed by atoms with Crippen molar-refractivity contribution in [3.63, 3.8) is 0 Å². The molecule has 1 aromatic rings. The molecule has 1 saturated carbocycles. The van der Waals surface area contributed by atoms with E-state index in [1.165, 1.54) is 25.7 Å². The van der Waals surface area contributed by atoms with E-state index >= 15 is 0 Å². The van der Waals surface area contributed by atoms with Gasteiger partial charge in [-0.1, -0.05) is 31.9 Å². The van der Waals surface area contributed by atoms with Crippen molar-refractivity contribution in [3.8, 4) is 0 Å². The second kappa shape index (κ2) is 5.64. The first-order valence-electron chi connectivity index (χ1n) is 7.21. The molecule has 0 radical (unpaired) electrons. The Morgan fingerprint density at radius 1 is 1.37 bits per heavy atom. The van der Waals surface area contributed by atoms with Gasteiger partial charge in [0, 0.05) is 12.2 Å². The number of nitrogen functional groups attached to an aromatic ring is 1. The SMILES string of the molecule is CCC1(CNC(=O)c2cccc(C)c2N)CCCC1. The Labute approximate surface area is 115 Å². The number of amides is 1. The van der Waals surface area contributed by atoms with E-state index in [0.29, 0.717) is 16.7 Å². The monoisotopic (exact) mass is 260 g/mol. The van der Waals surface area contributed by atoms with E-state index in [-0.39, 0.29) is 5.91 Å². The van der Waals surface area contributed by atoms with Gasteiger partial charge in [0.1, 0.15) is 0 Å². The molecule has 0 bridgehead atoms.